The van der Waals surface area contributed by atoms with Crippen molar-refractivity contribution in [1.29, 1.82) is 0 Å². The molecule has 0 aliphatic carbocycles. The molecule has 0 aliphatic rings. The highest BCUT2D eigenvalue weighted by Gasteiger charge is 2.30. The van der Waals surface area contributed by atoms with Gasteiger partial charge in [-0.25, -0.2) is 8.42 Å². The quantitative estimate of drug-likeness (QED) is 0.217. The fourth-order valence-corrected chi connectivity index (χ4v) is 4.69. The van der Waals surface area contributed by atoms with E-state index in [1.54, 1.807) is 36.4 Å². The molecule has 0 unspecified atom stereocenters. The topological polar surface area (TPSA) is 83.8 Å². The number of halogens is 3. The molecule has 196 valence electrons. The zero-order valence-corrected chi connectivity index (χ0v) is 21.0. The third-order valence-corrected chi connectivity index (χ3v) is 6.80. The van der Waals surface area contributed by atoms with Crippen molar-refractivity contribution in [3.8, 4) is 17.2 Å². The summed E-state index contributed by atoms with van der Waals surface area (Å²) in [6, 6.07) is 21.1. The van der Waals surface area contributed by atoms with Crippen LogP contribution in [0.4, 0.5) is 18.9 Å². The molecule has 4 rings (SSSR count). The van der Waals surface area contributed by atoms with Crippen LogP contribution in [0.2, 0.25) is 0 Å². The highest BCUT2D eigenvalue weighted by atomic mass is 32.2. The van der Waals surface area contributed by atoms with Crippen LogP contribution in [-0.4, -0.2) is 21.3 Å². The van der Waals surface area contributed by atoms with E-state index in [-0.39, 0.29) is 27.9 Å². The average Bonchev–Trinajstić information content (AvgIpc) is 2.88. The number of rotatable bonds is 8. The molecule has 0 spiro atoms. The van der Waals surface area contributed by atoms with E-state index in [2.05, 4.69) is 4.72 Å². The average molecular weight is 541 g/mol. The van der Waals surface area contributed by atoms with Crippen molar-refractivity contribution in [2.24, 2.45) is 0 Å². The first-order valence-electron chi connectivity index (χ1n) is 11.2. The molecule has 0 aromatic heterocycles. The first-order valence-corrected chi connectivity index (χ1v) is 12.6. The Kier molecular flexibility index (Phi) is 7.45. The maximum Gasteiger partial charge on any atom is 0.416 e. The predicted octanol–water partition coefficient (Wildman–Crippen LogP) is 7.44. The normalized spacial score (nSPS) is 11.6. The molecular weight excluding hydrogens is 519 g/mol. The Balaban J connectivity index is 1.56. The molecular formula is C28H21F3NO5S-. The molecule has 4 aromatic rings. The first-order chi connectivity index (χ1) is 18.0. The molecule has 0 bridgehead atoms. The summed E-state index contributed by atoms with van der Waals surface area (Å²) in [5.74, 6) is 0.215. The lowest BCUT2D eigenvalue weighted by Crippen LogP contribution is -2.05. The number of carbonyl (C=O) groups excluding carboxylic acids is 1. The Labute approximate surface area is 217 Å². The van der Waals surface area contributed by atoms with Crippen LogP contribution < -0.4 is 9.47 Å². The second-order valence-electron chi connectivity index (χ2n) is 8.25. The number of ketones is 1. The Morgan fingerprint density at radius 2 is 1.42 bits per heavy atom. The second-order valence-corrected chi connectivity index (χ2v) is 9.82. The van der Waals surface area contributed by atoms with Crippen molar-refractivity contribution < 1.29 is 35.9 Å². The van der Waals surface area contributed by atoms with Crippen LogP contribution in [0.25, 0.3) is 4.72 Å². The van der Waals surface area contributed by atoms with Crippen molar-refractivity contribution >= 4 is 21.5 Å². The Morgan fingerprint density at radius 3 is 2.03 bits per heavy atom. The maximum absolute atomic E-state index is 13.0. The van der Waals surface area contributed by atoms with Crippen molar-refractivity contribution in [1.82, 2.24) is 0 Å². The number of methoxy groups -OCH3 is 1. The largest absolute Gasteiger partial charge is 0.573 e. The van der Waals surface area contributed by atoms with Gasteiger partial charge in [0.2, 0.25) is 0 Å². The van der Waals surface area contributed by atoms with Gasteiger partial charge in [-0.2, -0.15) is 13.2 Å². The molecule has 0 heterocycles. The van der Waals surface area contributed by atoms with Gasteiger partial charge in [0, 0.05) is 17.2 Å². The minimum Gasteiger partial charge on any atom is -0.573 e. The van der Waals surface area contributed by atoms with Crippen LogP contribution in [0.15, 0.2) is 95.9 Å². The third kappa shape index (κ3) is 6.15. The first kappa shape index (κ1) is 26.7. The molecule has 0 radical (unpaired) electrons. The summed E-state index contributed by atoms with van der Waals surface area (Å²) in [6.45, 7) is 1.93. The smallest absolute Gasteiger partial charge is 0.416 e. The highest BCUT2D eigenvalue weighted by molar-refractivity contribution is 7.94. The van der Waals surface area contributed by atoms with Gasteiger partial charge >= 0.3 is 6.18 Å². The van der Waals surface area contributed by atoms with E-state index in [4.69, 9.17) is 9.47 Å². The highest BCUT2D eigenvalue weighted by Crippen LogP contribution is 2.38. The van der Waals surface area contributed by atoms with Crippen LogP contribution in [0.1, 0.15) is 27.0 Å². The van der Waals surface area contributed by atoms with Gasteiger partial charge in [-0.1, -0.05) is 54.1 Å². The number of hydrogen-bond acceptors (Lipinski definition) is 5. The van der Waals surface area contributed by atoms with Gasteiger partial charge in [0.1, 0.15) is 27.3 Å². The summed E-state index contributed by atoms with van der Waals surface area (Å²) in [5, 5.41) is 0. The van der Waals surface area contributed by atoms with Gasteiger partial charge in [0.05, 0.1) is 17.6 Å². The lowest BCUT2D eigenvalue weighted by Gasteiger charge is -2.24. The Hall–Kier alpha value is -4.31. The molecule has 10 heteroatoms. The Bertz CT molecular complexity index is 1570. The van der Waals surface area contributed by atoms with E-state index < -0.39 is 21.8 Å². The van der Waals surface area contributed by atoms with E-state index in [1.165, 1.54) is 19.2 Å². The molecule has 0 atom stereocenters. The van der Waals surface area contributed by atoms with Gasteiger partial charge in [-0.3, -0.25) is 4.79 Å². The predicted molar refractivity (Wildman–Crippen MR) is 136 cm³/mol. The van der Waals surface area contributed by atoms with Gasteiger partial charge in [-0.15, -0.1) is 5.69 Å². The van der Waals surface area contributed by atoms with Crippen LogP contribution in [0, 0.1) is 6.92 Å². The minimum absolute atomic E-state index is 0.0629. The van der Waals surface area contributed by atoms with Crippen LogP contribution in [0.5, 0.6) is 17.2 Å². The number of carbonyl (C=O) groups is 1. The number of alkyl halides is 3. The fraction of sp³-hybridized carbons (Fsp3) is 0.107. The number of nitrogens with zero attached hydrogens (tertiary/aromatic N) is 1. The molecule has 0 N–H and O–H groups in total. The fourth-order valence-electron chi connectivity index (χ4n) is 3.53. The summed E-state index contributed by atoms with van der Waals surface area (Å²) in [5.41, 5.74) is 0.607. The zero-order chi connectivity index (χ0) is 27.5. The third-order valence-electron chi connectivity index (χ3n) is 5.48. The number of aryl methyl sites for hydroxylation is 1. The van der Waals surface area contributed by atoms with Gasteiger partial charge in [0.25, 0.3) is 0 Å². The minimum atomic E-state index is -4.65. The molecule has 4 aromatic carbocycles. The molecule has 6 nitrogen and oxygen atoms in total. The molecule has 0 fully saturated rings. The number of benzene rings is 4. The summed E-state index contributed by atoms with van der Waals surface area (Å²) in [7, 11) is -3.22. The lowest BCUT2D eigenvalue weighted by atomic mass is 10.0. The number of ether oxygens (including phenoxy) is 2. The van der Waals surface area contributed by atoms with Crippen molar-refractivity contribution in [3.63, 3.8) is 0 Å². The summed E-state index contributed by atoms with van der Waals surface area (Å²) in [4.78, 5) is 12.3. The van der Waals surface area contributed by atoms with Gasteiger partial charge < -0.3 is 14.2 Å². The Morgan fingerprint density at radius 1 is 0.816 bits per heavy atom. The van der Waals surface area contributed by atoms with Crippen LogP contribution in [0.3, 0.4) is 0 Å². The summed E-state index contributed by atoms with van der Waals surface area (Å²) in [6.07, 6.45) is -4.65. The molecule has 0 amide bonds. The van der Waals surface area contributed by atoms with Crippen molar-refractivity contribution in [3.05, 3.63) is 118 Å². The van der Waals surface area contributed by atoms with Gasteiger partial charge in [-0.05, 0) is 43.3 Å². The molecule has 0 saturated carbocycles. The molecule has 0 aliphatic heterocycles. The molecule has 0 saturated heterocycles. The van der Waals surface area contributed by atoms with Gasteiger partial charge in [0.15, 0.2) is 5.78 Å². The lowest BCUT2D eigenvalue weighted by molar-refractivity contribution is -0.137. The van der Waals surface area contributed by atoms with E-state index in [9.17, 15) is 26.4 Å². The SMILES string of the molecule is COc1ccc(Oc2ccc(C(=O)c3ccc(C)cc3)cc2)cc1S(=O)(=O)[N-]c1cccc(C(F)(F)F)c1. The summed E-state index contributed by atoms with van der Waals surface area (Å²) >= 11 is 0. The van der Waals surface area contributed by atoms with E-state index >= 15 is 0 Å². The molecule has 38 heavy (non-hydrogen) atoms. The summed E-state index contributed by atoms with van der Waals surface area (Å²) < 4.78 is 79.5. The van der Waals surface area contributed by atoms with Crippen molar-refractivity contribution in [2.45, 2.75) is 18.0 Å². The van der Waals surface area contributed by atoms with E-state index in [1.807, 2.05) is 19.1 Å². The standard InChI is InChI=1S/C28H21F3NO5S/c1-18-6-8-19(9-7-18)27(33)20-10-12-23(13-11-20)37-24-14-15-25(36-2)26(17-24)38(34,35)32-22-5-3-4-21(16-22)28(29,30)31/h3-17H,1-2H3/q-1. The maximum atomic E-state index is 13.0. The van der Waals surface area contributed by atoms with Crippen LogP contribution >= 0.6 is 0 Å². The van der Waals surface area contributed by atoms with E-state index in [0.29, 0.717) is 22.9 Å². The van der Waals surface area contributed by atoms with Crippen molar-refractivity contribution in [2.75, 3.05) is 7.11 Å². The van der Waals surface area contributed by atoms with Crippen LogP contribution in [-0.2, 0) is 16.2 Å². The zero-order valence-electron chi connectivity index (χ0n) is 20.2. The van der Waals surface area contributed by atoms with E-state index in [0.717, 1.165) is 29.8 Å². The number of sulfonamides is 1. The second kappa shape index (κ2) is 10.6. The number of hydrogen-bond donors (Lipinski definition) is 0. The monoisotopic (exact) mass is 540 g/mol.